The van der Waals surface area contributed by atoms with Gasteiger partial charge in [0.2, 0.25) is 0 Å². The van der Waals surface area contributed by atoms with Crippen molar-refractivity contribution >= 4 is 32.8 Å². The van der Waals surface area contributed by atoms with Crippen LogP contribution in [0.15, 0.2) is 69.3 Å². The summed E-state index contributed by atoms with van der Waals surface area (Å²) in [6.07, 6.45) is 10.8. The zero-order chi connectivity index (χ0) is 25.5. The summed E-state index contributed by atoms with van der Waals surface area (Å²) in [6.45, 7) is 4.56. The second kappa shape index (κ2) is 16.5. The maximum atomic E-state index is 10.7. The van der Waals surface area contributed by atoms with Crippen LogP contribution >= 0.6 is 11.8 Å². The fourth-order valence-electron chi connectivity index (χ4n) is 3.05. The first kappa shape index (κ1) is 30.9. The van der Waals surface area contributed by atoms with E-state index in [4.69, 9.17) is 13.0 Å². The SMILES string of the molecule is CCCCCCSc1ccc([S+](CCCCCC)c2ccccc2)cc1.O=S(=O)([O-])C(F)(F)F. The summed E-state index contributed by atoms with van der Waals surface area (Å²) >= 11 is 2.01. The lowest BCUT2D eigenvalue weighted by molar-refractivity contribution is -0.0517. The Morgan fingerprint density at radius 3 is 1.79 bits per heavy atom. The minimum atomic E-state index is -6.09. The maximum Gasteiger partial charge on any atom is 0.485 e. The lowest BCUT2D eigenvalue weighted by Crippen LogP contribution is -2.21. The average Bonchev–Trinajstić information content (AvgIpc) is 2.79. The minimum Gasteiger partial charge on any atom is -0.741 e. The molecule has 0 saturated carbocycles. The summed E-state index contributed by atoms with van der Waals surface area (Å²) in [7, 11) is -5.87. The van der Waals surface area contributed by atoms with Crippen LogP contribution in [0.5, 0.6) is 0 Å². The maximum absolute atomic E-state index is 10.7. The largest absolute Gasteiger partial charge is 0.741 e. The molecule has 0 aliphatic rings. The van der Waals surface area contributed by atoms with Crippen molar-refractivity contribution in [3.05, 3.63) is 54.6 Å². The second-order valence-electron chi connectivity index (χ2n) is 7.75. The number of hydrogen-bond donors (Lipinski definition) is 0. The van der Waals surface area contributed by atoms with Crippen molar-refractivity contribution in [1.82, 2.24) is 0 Å². The van der Waals surface area contributed by atoms with E-state index >= 15 is 0 Å². The molecule has 34 heavy (non-hydrogen) atoms. The van der Waals surface area contributed by atoms with Crippen LogP contribution < -0.4 is 0 Å². The summed E-state index contributed by atoms with van der Waals surface area (Å²) in [5, 5.41) is 0. The Hall–Kier alpha value is -1.16. The number of unbranched alkanes of at least 4 members (excludes halogenated alkanes) is 6. The van der Waals surface area contributed by atoms with Crippen LogP contribution in [0.4, 0.5) is 13.2 Å². The molecule has 2 aromatic carbocycles. The molecular formula is C25H35F3O3S3. The van der Waals surface area contributed by atoms with E-state index in [-0.39, 0.29) is 10.9 Å². The number of alkyl halides is 3. The molecule has 0 amide bonds. The second-order valence-corrected chi connectivity index (χ2v) is 12.4. The molecule has 0 aliphatic carbocycles. The Kier molecular flexibility index (Phi) is 15.0. The quantitative estimate of drug-likeness (QED) is 0.0855. The molecule has 2 aromatic rings. The van der Waals surface area contributed by atoms with Crippen molar-refractivity contribution in [2.75, 3.05) is 11.5 Å². The Morgan fingerprint density at radius 2 is 1.29 bits per heavy atom. The molecular weight excluding hydrogens is 501 g/mol. The van der Waals surface area contributed by atoms with Gasteiger partial charge >= 0.3 is 5.51 Å². The summed E-state index contributed by atoms with van der Waals surface area (Å²) in [4.78, 5) is 4.42. The van der Waals surface area contributed by atoms with E-state index in [1.165, 1.54) is 77.6 Å². The summed E-state index contributed by atoms with van der Waals surface area (Å²) in [5.41, 5.74) is -5.65. The predicted molar refractivity (Wildman–Crippen MR) is 136 cm³/mol. The highest BCUT2D eigenvalue weighted by Crippen LogP contribution is 2.28. The van der Waals surface area contributed by atoms with Gasteiger partial charge in [0.1, 0.15) is 5.75 Å². The Balaban J connectivity index is 0.000000620. The van der Waals surface area contributed by atoms with Crippen LogP contribution in [-0.2, 0) is 21.0 Å². The number of hydrogen-bond acceptors (Lipinski definition) is 4. The molecule has 0 fully saturated rings. The molecule has 0 aliphatic heterocycles. The molecule has 0 spiro atoms. The van der Waals surface area contributed by atoms with Gasteiger partial charge in [-0.2, -0.15) is 13.2 Å². The molecule has 0 N–H and O–H groups in total. The van der Waals surface area contributed by atoms with Crippen molar-refractivity contribution in [2.24, 2.45) is 0 Å². The minimum absolute atomic E-state index is 0.218. The summed E-state index contributed by atoms with van der Waals surface area (Å²) in [6, 6.07) is 20.5. The van der Waals surface area contributed by atoms with Gasteiger partial charge in [-0.1, -0.05) is 64.2 Å². The van der Waals surface area contributed by atoms with E-state index in [2.05, 4.69) is 68.4 Å². The Bertz CT molecular complexity index is 887. The molecule has 9 heteroatoms. The fraction of sp³-hybridized carbons (Fsp3) is 0.520. The van der Waals surface area contributed by atoms with Gasteiger partial charge in [-0.25, -0.2) is 8.42 Å². The summed E-state index contributed by atoms with van der Waals surface area (Å²) in [5.74, 6) is 2.54. The molecule has 0 saturated heterocycles. The first-order valence-corrected chi connectivity index (χ1v) is 15.4. The third-order valence-electron chi connectivity index (χ3n) is 4.89. The van der Waals surface area contributed by atoms with E-state index in [1.54, 1.807) is 0 Å². The van der Waals surface area contributed by atoms with Crippen LogP contribution in [0.25, 0.3) is 0 Å². The van der Waals surface area contributed by atoms with Gasteiger partial charge in [0.15, 0.2) is 19.9 Å². The van der Waals surface area contributed by atoms with Crippen molar-refractivity contribution in [3.8, 4) is 0 Å². The Labute approximate surface area is 210 Å². The highest BCUT2D eigenvalue weighted by atomic mass is 32.2. The zero-order valence-electron chi connectivity index (χ0n) is 19.9. The van der Waals surface area contributed by atoms with Crippen LogP contribution in [0.2, 0.25) is 0 Å². The number of thioether (sulfide) groups is 1. The third kappa shape index (κ3) is 12.5. The number of halogens is 3. The van der Waals surface area contributed by atoms with Crippen LogP contribution in [0, 0.1) is 0 Å². The lowest BCUT2D eigenvalue weighted by Gasteiger charge is -2.09. The normalized spacial score (nSPS) is 12.6. The van der Waals surface area contributed by atoms with Gasteiger partial charge in [0, 0.05) is 4.90 Å². The van der Waals surface area contributed by atoms with Crippen molar-refractivity contribution in [1.29, 1.82) is 0 Å². The van der Waals surface area contributed by atoms with Gasteiger partial charge in [-0.05, 0) is 61.4 Å². The fourth-order valence-corrected chi connectivity index (χ4v) is 6.15. The monoisotopic (exact) mass is 536 g/mol. The molecule has 0 aromatic heterocycles. The molecule has 2 rings (SSSR count). The molecule has 0 radical (unpaired) electrons. The van der Waals surface area contributed by atoms with Gasteiger partial charge in [0.05, 0.1) is 10.9 Å². The first-order valence-electron chi connectivity index (χ1n) is 11.6. The molecule has 192 valence electrons. The smallest absolute Gasteiger partial charge is 0.485 e. The number of rotatable bonds is 13. The van der Waals surface area contributed by atoms with Crippen molar-refractivity contribution in [3.63, 3.8) is 0 Å². The van der Waals surface area contributed by atoms with Gasteiger partial charge in [-0.3, -0.25) is 0 Å². The molecule has 0 heterocycles. The van der Waals surface area contributed by atoms with E-state index in [0.29, 0.717) is 0 Å². The van der Waals surface area contributed by atoms with E-state index in [0.717, 1.165) is 0 Å². The Morgan fingerprint density at radius 1 is 0.794 bits per heavy atom. The standard InChI is InChI=1S/C24H35S2.CHF3O3S/c1-3-5-7-12-20-25-22-16-18-24(19-17-22)26(21-13-8-6-4-2)23-14-10-9-11-15-23;2-1(3,4)8(5,6)7/h9-11,14-19H,3-8,12-13,20-21H2,1-2H3;(H,5,6,7)/q+1;/p-1. The van der Waals surface area contributed by atoms with Gasteiger partial charge in [0.25, 0.3) is 0 Å². The zero-order valence-corrected chi connectivity index (χ0v) is 22.3. The topological polar surface area (TPSA) is 57.2 Å². The molecule has 1 unspecified atom stereocenters. The van der Waals surface area contributed by atoms with Crippen molar-refractivity contribution < 1.29 is 26.1 Å². The molecule has 3 nitrogen and oxygen atoms in total. The predicted octanol–water partition coefficient (Wildman–Crippen LogP) is 8.03. The van der Waals surface area contributed by atoms with E-state index < -0.39 is 15.6 Å². The van der Waals surface area contributed by atoms with Crippen LogP contribution in [0.1, 0.15) is 65.2 Å². The van der Waals surface area contributed by atoms with Crippen LogP contribution in [-0.4, -0.2) is 30.0 Å². The van der Waals surface area contributed by atoms with Crippen molar-refractivity contribution in [2.45, 2.75) is 85.4 Å². The first-order chi connectivity index (χ1) is 16.1. The average molecular weight is 537 g/mol. The van der Waals surface area contributed by atoms with E-state index in [9.17, 15) is 13.2 Å². The van der Waals surface area contributed by atoms with Gasteiger partial charge < -0.3 is 4.55 Å². The highest BCUT2D eigenvalue weighted by molar-refractivity contribution is 7.99. The highest BCUT2D eigenvalue weighted by Gasteiger charge is 2.36. The number of benzene rings is 2. The van der Waals surface area contributed by atoms with Crippen LogP contribution in [0.3, 0.4) is 0 Å². The summed E-state index contributed by atoms with van der Waals surface area (Å²) < 4.78 is 58.9. The third-order valence-corrected chi connectivity index (χ3v) is 8.93. The lowest BCUT2D eigenvalue weighted by atomic mass is 10.2. The van der Waals surface area contributed by atoms with Gasteiger partial charge in [-0.15, -0.1) is 11.8 Å². The molecule has 1 atom stereocenters. The van der Waals surface area contributed by atoms with E-state index in [1.807, 2.05) is 11.8 Å². The molecule has 0 bridgehead atoms.